The molecular formula is C14H16BrF3O. The minimum atomic E-state index is -4.62. The third kappa shape index (κ3) is 4.13. The number of halogens is 4. The van der Waals surface area contributed by atoms with E-state index in [2.05, 4.69) is 27.6 Å². The molecule has 106 valence electrons. The topological polar surface area (TPSA) is 9.23 Å². The maximum absolute atomic E-state index is 12.0. The van der Waals surface area contributed by atoms with E-state index in [4.69, 9.17) is 0 Å². The van der Waals surface area contributed by atoms with E-state index in [0.717, 1.165) is 18.4 Å². The first-order chi connectivity index (χ1) is 8.85. The second-order valence-corrected chi connectivity index (χ2v) is 6.28. The molecule has 5 heteroatoms. The molecule has 2 rings (SSSR count). The number of ether oxygens (including phenoxy) is 1. The van der Waals surface area contributed by atoms with Crippen LogP contribution < -0.4 is 4.74 Å². The molecule has 19 heavy (non-hydrogen) atoms. The van der Waals surface area contributed by atoms with Crippen LogP contribution in [-0.2, 0) is 6.42 Å². The third-order valence-corrected chi connectivity index (χ3v) is 5.07. The molecule has 1 saturated carbocycles. The molecule has 1 nitrogen and oxygen atoms in total. The molecule has 1 aliphatic carbocycles. The van der Waals surface area contributed by atoms with E-state index < -0.39 is 6.36 Å². The Bertz CT molecular complexity index is 416. The van der Waals surface area contributed by atoms with Gasteiger partial charge in [0.1, 0.15) is 5.75 Å². The lowest BCUT2D eigenvalue weighted by atomic mass is 9.91. The van der Waals surface area contributed by atoms with Crippen LogP contribution in [0, 0.1) is 11.8 Å². The SMILES string of the molecule is CC1C(Br)CCC1Cc1ccc(OC(F)(F)F)cc1. The Morgan fingerprint density at radius 1 is 1.21 bits per heavy atom. The molecule has 0 bridgehead atoms. The average molecular weight is 337 g/mol. The standard InChI is InChI=1S/C14H16BrF3O/c1-9-11(4-7-13(9)15)8-10-2-5-12(6-3-10)19-14(16,17)18/h2-3,5-6,9,11,13H,4,7-8H2,1H3. The average Bonchev–Trinajstić information content (AvgIpc) is 2.62. The zero-order chi connectivity index (χ0) is 14.0. The molecule has 1 fully saturated rings. The van der Waals surface area contributed by atoms with Crippen LogP contribution in [0.4, 0.5) is 13.2 Å². The van der Waals surface area contributed by atoms with Gasteiger partial charge in [0, 0.05) is 4.83 Å². The van der Waals surface area contributed by atoms with Gasteiger partial charge in [0.05, 0.1) is 0 Å². The minimum Gasteiger partial charge on any atom is -0.406 e. The third-order valence-electron chi connectivity index (χ3n) is 3.78. The van der Waals surface area contributed by atoms with Crippen molar-refractivity contribution in [1.82, 2.24) is 0 Å². The monoisotopic (exact) mass is 336 g/mol. The molecule has 0 spiro atoms. The van der Waals surface area contributed by atoms with Gasteiger partial charge in [-0.25, -0.2) is 0 Å². The summed E-state index contributed by atoms with van der Waals surface area (Å²) in [5, 5.41) is 0. The van der Waals surface area contributed by atoms with Crippen molar-refractivity contribution in [3.63, 3.8) is 0 Å². The van der Waals surface area contributed by atoms with Crippen LogP contribution >= 0.6 is 15.9 Å². The molecular weight excluding hydrogens is 321 g/mol. The number of rotatable bonds is 3. The predicted molar refractivity (Wildman–Crippen MR) is 71.4 cm³/mol. The van der Waals surface area contributed by atoms with Crippen LogP contribution in [0.2, 0.25) is 0 Å². The van der Waals surface area contributed by atoms with E-state index in [-0.39, 0.29) is 5.75 Å². The van der Waals surface area contributed by atoms with Gasteiger partial charge >= 0.3 is 6.36 Å². The number of alkyl halides is 4. The summed E-state index contributed by atoms with van der Waals surface area (Å²) in [5.41, 5.74) is 1.06. The quantitative estimate of drug-likeness (QED) is 0.710. The molecule has 0 aromatic heterocycles. The lowest BCUT2D eigenvalue weighted by Gasteiger charge is -2.17. The zero-order valence-corrected chi connectivity index (χ0v) is 12.2. The Balaban J connectivity index is 1.96. The van der Waals surface area contributed by atoms with Crippen molar-refractivity contribution in [3.8, 4) is 5.75 Å². The molecule has 0 amide bonds. The van der Waals surface area contributed by atoms with Crippen LogP contribution in [0.1, 0.15) is 25.3 Å². The van der Waals surface area contributed by atoms with Crippen molar-refractivity contribution in [2.75, 3.05) is 0 Å². The lowest BCUT2D eigenvalue weighted by Crippen LogP contribution is -2.17. The molecule has 0 saturated heterocycles. The number of hydrogen-bond donors (Lipinski definition) is 0. The zero-order valence-electron chi connectivity index (χ0n) is 10.6. The summed E-state index contributed by atoms with van der Waals surface area (Å²) in [6.07, 6.45) is -1.38. The fourth-order valence-corrected chi connectivity index (χ4v) is 3.31. The fourth-order valence-electron chi connectivity index (χ4n) is 2.61. The summed E-state index contributed by atoms with van der Waals surface area (Å²) in [6.45, 7) is 2.22. The van der Waals surface area contributed by atoms with Gasteiger partial charge in [-0.2, -0.15) is 0 Å². The van der Waals surface area contributed by atoms with E-state index in [1.807, 2.05) is 0 Å². The first kappa shape index (κ1) is 14.7. The Morgan fingerprint density at radius 3 is 2.32 bits per heavy atom. The Kier molecular flexibility index (Phi) is 4.43. The van der Waals surface area contributed by atoms with Crippen molar-refractivity contribution in [3.05, 3.63) is 29.8 Å². The van der Waals surface area contributed by atoms with Crippen LogP contribution in [0.25, 0.3) is 0 Å². The van der Waals surface area contributed by atoms with Crippen molar-refractivity contribution in [1.29, 1.82) is 0 Å². The molecule has 0 aliphatic heterocycles. The molecule has 1 aliphatic rings. The second-order valence-electron chi connectivity index (χ2n) is 5.11. The van der Waals surface area contributed by atoms with Crippen LogP contribution in [0.15, 0.2) is 24.3 Å². The summed E-state index contributed by atoms with van der Waals surface area (Å²) in [4.78, 5) is 0.560. The molecule has 3 atom stereocenters. The normalized spacial score (nSPS) is 27.5. The van der Waals surface area contributed by atoms with Crippen LogP contribution in [-0.4, -0.2) is 11.2 Å². The molecule has 3 unspecified atom stereocenters. The molecule has 1 aromatic rings. The maximum Gasteiger partial charge on any atom is 0.573 e. The molecule has 0 radical (unpaired) electrons. The highest BCUT2D eigenvalue weighted by Gasteiger charge is 2.32. The fraction of sp³-hybridized carbons (Fsp3) is 0.571. The lowest BCUT2D eigenvalue weighted by molar-refractivity contribution is -0.274. The highest BCUT2D eigenvalue weighted by Crippen LogP contribution is 2.38. The summed E-state index contributed by atoms with van der Waals surface area (Å²) in [6, 6.07) is 6.20. The smallest absolute Gasteiger partial charge is 0.406 e. The summed E-state index contributed by atoms with van der Waals surface area (Å²) in [7, 11) is 0. The van der Waals surface area contributed by atoms with Gasteiger partial charge in [-0.05, 0) is 48.8 Å². The van der Waals surface area contributed by atoms with E-state index in [9.17, 15) is 13.2 Å². The summed E-state index contributed by atoms with van der Waals surface area (Å²) < 4.78 is 40.0. The molecule has 0 heterocycles. The maximum atomic E-state index is 12.0. The number of hydrogen-bond acceptors (Lipinski definition) is 1. The minimum absolute atomic E-state index is 0.158. The number of benzene rings is 1. The Hall–Kier alpha value is -0.710. The Labute approximate surface area is 119 Å². The molecule has 0 N–H and O–H groups in total. The van der Waals surface area contributed by atoms with Crippen molar-refractivity contribution in [2.45, 2.75) is 37.4 Å². The highest BCUT2D eigenvalue weighted by molar-refractivity contribution is 9.09. The van der Waals surface area contributed by atoms with Gasteiger partial charge in [-0.1, -0.05) is 35.0 Å². The Morgan fingerprint density at radius 2 is 1.84 bits per heavy atom. The van der Waals surface area contributed by atoms with Crippen LogP contribution in [0.3, 0.4) is 0 Å². The predicted octanol–water partition coefficient (Wildman–Crippen LogP) is 4.94. The van der Waals surface area contributed by atoms with Gasteiger partial charge in [0.15, 0.2) is 0 Å². The molecule has 1 aromatic carbocycles. The largest absolute Gasteiger partial charge is 0.573 e. The van der Waals surface area contributed by atoms with Gasteiger partial charge in [-0.15, -0.1) is 13.2 Å². The summed E-state index contributed by atoms with van der Waals surface area (Å²) in [5.74, 6) is 1.04. The summed E-state index contributed by atoms with van der Waals surface area (Å²) >= 11 is 3.66. The van der Waals surface area contributed by atoms with E-state index >= 15 is 0 Å². The van der Waals surface area contributed by atoms with E-state index in [0.29, 0.717) is 16.7 Å². The second kappa shape index (κ2) is 5.73. The van der Waals surface area contributed by atoms with Gasteiger partial charge < -0.3 is 4.74 Å². The van der Waals surface area contributed by atoms with Gasteiger partial charge in [0.25, 0.3) is 0 Å². The van der Waals surface area contributed by atoms with E-state index in [1.165, 1.54) is 18.6 Å². The van der Waals surface area contributed by atoms with Gasteiger partial charge in [-0.3, -0.25) is 0 Å². The van der Waals surface area contributed by atoms with Crippen molar-refractivity contribution < 1.29 is 17.9 Å². The highest BCUT2D eigenvalue weighted by atomic mass is 79.9. The van der Waals surface area contributed by atoms with Crippen molar-refractivity contribution >= 4 is 15.9 Å². The van der Waals surface area contributed by atoms with Crippen molar-refractivity contribution in [2.24, 2.45) is 11.8 Å². The van der Waals surface area contributed by atoms with Gasteiger partial charge in [0.2, 0.25) is 0 Å². The van der Waals surface area contributed by atoms with Crippen LogP contribution in [0.5, 0.6) is 5.75 Å². The first-order valence-electron chi connectivity index (χ1n) is 6.34. The van der Waals surface area contributed by atoms with E-state index in [1.54, 1.807) is 12.1 Å². The first-order valence-corrected chi connectivity index (χ1v) is 7.25.